The second-order valence-electron chi connectivity index (χ2n) is 7.43. The number of rotatable bonds is 5. The van der Waals surface area contributed by atoms with E-state index < -0.39 is 5.82 Å². The number of aromatic nitrogens is 1. The Morgan fingerprint density at radius 1 is 1.27 bits per heavy atom. The molecular weight excluding hydrogens is 331 g/mol. The van der Waals surface area contributed by atoms with Gasteiger partial charge in [0.25, 0.3) is 5.91 Å². The quantitative estimate of drug-likeness (QED) is 0.823. The largest absolute Gasteiger partial charge is 0.375 e. The van der Waals surface area contributed by atoms with Crippen LogP contribution in [0.25, 0.3) is 0 Å². The number of hydrogen-bond acceptors (Lipinski definition) is 3. The van der Waals surface area contributed by atoms with Crippen molar-refractivity contribution in [1.82, 2.24) is 9.88 Å². The molecule has 2 atom stereocenters. The highest BCUT2D eigenvalue weighted by Crippen LogP contribution is 2.49. The van der Waals surface area contributed by atoms with Crippen LogP contribution >= 0.6 is 0 Å². The minimum Gasteiger partial charge on any atom is -0.375 e. The number of carbonyl (C=O) groups is 1. The third-order valence-corrected chi connectivity index (χ3v) is 5.80. The second-order valence-corrected chi connectivity index (χ2v) is 7.43. The molecule has 1 aliphatic carbocycles. The first-order valence-electron chi connectivity index (χ1n) is 9.19. The van der Waals surface area contributed by atoms with E-state index in [2.05, 4.69) is 4.98 Å². The van der Waals surface area contributed by atoms with Gasteiger partial charge in [0.1, 0.15) is 5.82 Å². The lowest BCUT2D eigenvalue weighted by molar-refractivity contribution is 0.0252. The molecule has 1 saturated heterocycles. The van der Waals surface area contributed by atoms with E-state index in [-0.39, 0.29) is 16.9 Å². The molecule has 26 heavy (non-hydrogen) atoms. The van der Waals surface area contributed by atoms with E-state index in [0.29, 0.717) is 32.2 Å². The summed E-state index contributed by atoms with van der Waals surface area (Å²) in [6.45, 7) is 2.44. The molecule has 2 aromatic rings. The van der Waals surface area contributed by atoms with Gasteiger partial charge in [-0.05, 0) is 43.0 Å². The van der Waals surface area contributed by atoms with Gasteiger partial charge in [0.2, 0.25) is 0 Å². The van der Waals surface area contributed by atoms with Crippen LogP contribution in [0, 0.1) is 17.2 Å². The Hall–Kier alpha value is -2.27. The van der Waals surface area contributed by atoms with Gasteiger partial charge in [-0.15, -0.1) is 0 Å². The molecule has 1 aliphatic heterocycles. The molecule has 5 heteroatoms. The first-order chi connectivity index (χ1) is 12.7. The first-order valence-corrected chi connectivity index (χ1v) is 9.19. The standard InChI is InChI=1S/C21H23FN2O2/c22-19-9-2-1-8-18(19)20(25)24-12-16-6-5-10-21(16,14-24)15-26-13-17-7-3-4-11-23-17/h1-4,7-9,11,16H,5-6,10,12-15H2/t16-,21+/m1/s1. The maximum Gasteiger partial charge on any atom is 0.256 e. The minimum absolute atomic E-state index is 0.00427. The van der Waals surface area contributed by atoms with Crippen LogP contribution in [0.5, 0.6) is 0 Å². The number of amides is 1. The topological polar surface area (TPSA) is 42.4 Å². The van der Waals surface area contributed by atoms with Gasteiger partial charge in [-0.2, -0.15) is 0 Å². The molecule has 1 amide bonds. The molecule has 136 valence electrons. The zero-order valence-electron chi connectivity index (χ0n) is 14.7. The summed E-state index contributed by atoms with van der Waals surface area (Å²) in [6, 6.07) is 12.0. The number of likely N-dealkylation sites (tertiary alicyclic amines) is 1. The average molecular weight is 354 g/mol. The van der Waals surface area contributed by atoms with E-state index in [4.69, 9.17) is 4.74 Å². The molecule has 1 aromatic heterocycles. The van der Waals surface area contributed by atoms with Crippen molar-refractivity contribution < 1.29 is 13.9 Å². The summed E-state index contributed by atoms with van der Waals surface area (Å²) in [5, 5.41) is 0. The fourth-order valence-electron chi connectivity index (χ4n) is 4.45. The van der Waals surface area contributed by atoms with Gasteiger partial charge in [0, 0.05) is 24.7 Å². The van der Waals surface area contributed by atoms with E-state index in [1.165, 1.54) is 12.5 Å². The molecule has 0 bridgehead atoms. The predicted octanol–water partition coefficient (Wildman–Crippen LogP) is 3.68. The third kappa shape index (κ3) is 3.23. The Balaban J connectivity index is 1.43. The van der Waals surface area contributed by atoms with E-state index in [1.807, 2.05) is 23.1 Å². The van der Waals surface area contributed by atoms with E-state index in [9.17, 15) is 9.18 Å². The number of halogens is 1. The fraction of sp³-hybridized carbons (Fsp3) is 0.429. The van der Waals surface area contributed by atoms with Crippen molar-refractivity contribution in [3.05, 3.63) is 65.7 Å². The molecule has 4 rings (SSSR count). The van der Waals surface area contributed by atoms with Gasteiger partial charge in [-0.3, -0.25) is 9.78 Å². The van der Waals surface area contributed by atoms with Crippen molar-refractivity contribution in [2.24, 2.45) is 11.3 Å². The van der Waals surface area contributed by atoms with Crippen LogP contribution in [-0.4, -0.2) is 35.5 Å². The van der Waals surface area contributed by atoms with Crippen molar-refractivity contribution in [2.45, 2.75) is 25.9 Å². The van der Waals surface area contributed by atoms with Gasteiger partial charge < -0.3 is 9.64 Å². The van der Waals surface area contributed by atoms with Gasteiger partial charge in [0.15, 0.2) is 0 Å². The van der Waals surface area contributed by atoms with Gasteiger partial charge >= 0.3 is 0 Å². The van der Waals surface area contributed by atoms with E-state index in [1.54, 1.807) is 24.4 Å². The van der Waals surface area contributed by atoms with Crippen molar-refractivity contribution in [3.63, 3.8) is 0 Å². The second kappa shape index (κ2) is 7.16. The first kappa shape index (κ1) is 17.2. The van der Waals surface area contributed by atoms with E-state index in [0.717, 1.165) is 18.5 Å². The maximum atomic E-state index is 14.0. The average Bonchev–Trinajstić information content (AvgIpc) is 3.20. The van der Waals surface area contributed by atoms with Gasteiger partial charge in [-0.25, -0.2) is 4.39 Å². The molecule has 2 fully saturated rings. The summed E-state index contributed by atoms with van der Waals surface area (Å²) in [7, 11) is 0. The number of benzene rings is 1. The summed E-state index contributed by atoms with van der Waals surface area (Å²) in [4.78, 5) is 18.9. The Morgan fingerprint density at radius 2 is 2.12 bits per heavy atom. The lowest BCUT2D eigenvalue weighted by atomic mass is 9.81. The van der Waals surface area contributed by atoms with Crippen LogP contribution in [0.3, 0.4) is 0 Å². The smallest absolute Gasteiger partial charge is 0.256 e. The van der Waals surface area contributed by atoms with Gasteiger partial charge in [0.05, 0.1) is 24.5 Å². The Kier molecular flexibility index (Phi) is 4.72. The predicted molar refractivity (Wildman–Crippen MR) is 96.0 cm³/mol. The van der Waals surface area contributed by atoms with Crippen LogP contribution in [0.15, 0.2) is 48.7 Å². The Labute approximate surface area is 153 Å². The molecule has 0 spiro atoms. The molecule has 4 nitrogen and oxygen atoms in total. The zero-order chi connectivity index (χ0) is 18.0. The summed E-state index contributed by atoms with van der Waals surface area (Å²) >= 11 is 0. The molecule has 0 radical (unpaired) electrons. The lowest BCUT2D eigenvalue weighted by Crippen LogP contribution is -2.35. The molecule has 2 heterocycles. The summed E-state index contributed by atoms with van der Waals surface area (Å²) in [5.74, 6) is -0.224. The van der Waals surface area contributed by atoms with Crippen molar-refractivity contribution >= 4 is 5.91 Å². The molecular formula is C21H23FN2O2. The van der Waals surface area contributed by atoms with Crippen LogP contribution in [0.2, 0.25) is 0 Å². The highest BCUT2D eigenvalue weighted by atomic mass is 19.1. The normalized spacial score (nSPS) is 24.7. The van der Waals surface area contributed by atoms with Crippen molar-refractivity contribution in [2.75, 3.05) is 19.7 Å². The lowest BCUT2D eigenvalue weighted by Gasteiger charge is -2.28. The van der Waals surface area contributed by atoms with Crippen LogP contribution in [0.1, 0.15) is 35.3 Å². The number of fused-ring (bicyclic) bond motifs is 1. The number of hydrogen-bond donors (Lipinski definition) is 0. The fourth-order valence-corrected chi connectivity index (χ4v) is 4.45. The number of pyridine rings is 1. The summed E-state index contributed by atoms with van der Waals surface area (Å²) in [5.41, 5.74) is 1.07. The monoisotopic (exact) mass is 354 g/mol. The minimum atomic E-state index is -0.449. The summed E-state index contributed by atoms with van der Waals surface area (Å²) in [6.07, 6.45) is 5.09. The third-order valence-electron chi connectivity index (χ3n) is 5.80. The van der Waals surface area contributed by atoms with Crippen LogP contribution in [-0.2, 0) is 11.3 Å². The molecule has 0 unspecified atom stereocenters. The highest BCUT2D eigenvalue weighted by Gasteiger charge is 2.50. The van der Waals surface area contributed by atoms with Crippen LogP contribution < -0.4 is 0 Å². The maximum absolute atomic E-state index is 14.0. The molecule has 0 N–H and O–H groups in total. The number of nitrogens with zero attached hydrogens (tertiary/aromatic N) is 2. The van der Waals surface area contributed by atoms with E-state index >= 15 is 0 Å². The molecule has 2 aliphatic rings. The number of carbonyl (C=O) groups excluding carboxylic acids is 1. The Morgan fingerprint density at radius 3 is 2.92 bits per heavy atom. The molecule has 1 aromatic carbocycles. The Bertz CT molecular complexity index is 783. The van der Waals surface area contributed by atoms with Crippen molar-refractivity contribution in [3.8, 4) is 0 Å². The highest BCUT2D eigenvalue weighted by molar-refractivity contribution is 5.94. The zero-order valence-corrected chi connectivity index (χ0v) is 14.7. The summed E-state index contributed by atoms with van der Waals surface area (Å²) < 4.78 is 20.0. The van der Waals surface area contributed by atoms with Crippen molar-refractivity contribution in [1.29, 1.82) is 0 Å². The number of ether oxygens (including phenoxy) is 1. The van der Waals surface area contributed by atoms with Gasteiger partial charge in [-0.1, -0.05) is 24.6 Å². The molecule has 1 saturated carbocycles. The van der Waals surface area contributed by atoms with Crippen LogP contribution in [0.4, 0.5) is 4.39 Å². The SMILES string of the molecule is O=C(c1ccccc1F)N1C[C@H]2CCC[C@@]2(COCc2ccccn2)C1.